The molecule has 0 saturated carbocycles. The molecular weight excluding hydrogens is 244 g/mol. The third-order valence-corrected chi connectivity index (χ3v) is 3.32. The fourth-order valence-electron chi connectivity index (χ4n) is 2.33. The van der Waals surface area contributed by atoms with Crippen molar-refractivity contribution in [3.05, 3.63) is 23.3 Å². The van der Waals surface area contributed by atoms with E-state index in [0.29, 0.717) is 17.1 Å². The van der Waals surface area contributed by atoms with Gasteiger partial charge < -0.3 is 19.7 Å². The number of piperazine rings is 1. The number of nitrogens with one attached hydrogen (secondary N) is 1. The van der Waals surface area contributed by atoms with Crippen molar-refractivity contribution in [2.75, 3.05) is 40.4 Å². The molecule has 2 rings (SSSR count). The standard InChI is InChI=1S/C14H20N2O3/c1-10-8-11(18-2)9-12(13(10)19-3)14(17)16-6-4-15-5-7-16/h8-9,15H,4-7H2,1-3H3. The van der Waals surface area contributed by atoms with Crippen LogP contribution in [0.4, 0.5) is 0 Å². The summed E-state index contributed by atoms with van der Waals surface area (Å²) in [6, 6.07) is 3.61. The summed E-state index contributed by atoms with van der Waals surface area (Å²) in [5.41, 5.74) is 1.47. The summed E-state index contributed by atoms with van der Waals surface area (Å²) in [4.78, 5) is 14.4. The Morgan fingerprint density at radius 1 is 1.21 bits per heavy atom. The van der Waals surface area contributed by atoms with E-state index < -0.39 is 0 Å². The Hall–Kier alpha value is -1.75. The molecule has 5 nitrogen and oxygen atoms in total. The summed E-state index contributed by atoms with van der Waals surface area (Å²) in [7, 11) is 3.18. The second-order valence-corrected chi connectivity index (χ2v) is 4.57. The number of carbonyl (C=O) groups is 1. The molecule has 1 aromatic carbocycles. The Morgan fingerprint density at radius 3 is 2.47 bits per heavy atom. The first kappa shape index (κ1) is 13.7. The molecular formula is C14H20N2O3. The summed E-state index contributed by atoms with van der Waals surface area (Å²) in [6.45, 7) is 5.01. The predicted molar refractivity (Wildman–Crippen MR) is 73.1 cm³/mol. The summed E-state index contributed by atoms with van der Waals surface area (Å²) < 4.78 is 10.6. The monoisotopic (exact) mass is 264 g/mol. The van der Waals surface area contributed by atoms with Crippen molar-refractivity contribution >= 4 is 5.91 Å². The van der Waals surface area contributed by atoms with E-state index in [2.05, 4.69) is 5.32 Å². The van der Waals surface area contributed by atoms with E-state index in [4.69, 9.17) is 9.47 Å². The van der Waals surface area contributed by atoms with Crippen LogP contribution in [0.15, 0.2) is 12.1 Å². The molecule has 1 fully saturated rings. The molecule has 1 heterocycles. The Balaban J connectivity index is 2.35. The molecule has 19 heavy (non-hydrogen) atoms. The van der Waals surface area contributed by atoms with E-state index >= 15 is 0 Å². The molecule has 1 amide bonds. The van der Waals surface area contributed by atoms with Crippen molar-refractivity contribution in [3.8, 4) is 11.5 Å². The van der Waals surface area contributed by atoms with Gasteiger partial charge in [-0.05, 0) is 24.6 Å². The van der Waals surface area contributed by atoms with Gasteiger partial charge in [0.1, 0.15) is 11.5 Å². The van der Waals surface area contributed by atoms with Crippen LogP contribution in [-0.4, -0.2) is 51.2 Å². The zero-order valence-corrected chi connectivity index (χ0v) is 11.7. The summed E-state index contributed by atoms with van der Waals surface area (Å²) in [5.74, 6) is 1.31. The van der Waals surface area contributed by atoms with Crippen LogP contribution in [0.1, 0.15) is 15.9 Å². The highest BCUT2D eigenvalue weighted by molar-refractivity contribution is 5.98. The number of hydrogen-bond donors (Lipinski definition) is 1. The van der Waals surface area contributed by atoms with E-state index in [1.165, 1.54) is 0 Å². The van der Waals surface area contributed by atoms with E-state index in [9.17, 15) is 4.79 Å². The van der Waals surface area contributed by atoms with Crippen LogP contribution in [0, 0.1) is 6.92 Å². The average Bonchev–Trinajstić information content (AvgIpc) is 2.46. The van der Waals surface area contributed by atoms with Crippen molar-refractivity contribution in [3.63, 3.8) is 0 Å². The van der Waals surface area contributed by atoms with Gasteiger partial charge in [-0.15, -0.1) is 0 Å². The van der Waals surface area contributed by atoms with Crippen LogP contribution in [-0.2, 0) is 0 Å². The first-order valence-electron chi connectivity index (χ1n) is 6.40. The van der Waals surface area contributed by atoms with Crippen molar-refractivity contribution < 1.29 is 14.3 Å². The normalized spacial score (nSPS) is 15.2. The number of amides is 1. The molecule has 0 spiro atoms. The maximum atomic E-state index is 12.6. The fraction of sp³-hybridized carbons (Fsp3) is 0.500. The summed E-state index contributed by atoms with van der Waals surface area (Å²) in [5, 5.41) is 3.23. The maximum Gasteiger partial charge on any atom is 0.257 e. The number of hydrogen-bond acceptors (Lipinski definition) is 4. The van der Waals surface area contributed by atoms with Gasteiger partial charge in [0.25, 0.3) is 5.91 Å². The topological polar surface area (TPSA) is 50.8 Å². The van der Waals surface area contributed by atoms with Gasteiger partial charge >= 0.3 is 0 Å². The second-order valence-electron chi connectivity index (χ2n) is 4.57. The Bertz CT molecular complexity index is 468. The molecule has 1 saturated heterocycles. The second kappa shape index (κ2) is 5.93. The lowest BCUT2D eigenvalue weighted by Gasteiger charge is -2.28. The lowest BCUT2D eigenvalue weighted by atomic mass is 10.1. The van der Waals surface area contributed by atoms with Crippen LogP contribution < -0.4 is 14.8 Å². The Kier molecular flexibility index (Phi) is 4.27. The summed E-state index contributed by atoms with van der Waals surface area (Å²) >= 11 is 0. The lowest BCUT2D eigenvalue weighted by molar-refractivity contribution is 0.0732. The highest BCUT2D eigenvalue weighted by Gasteiger charge is 2.23. The number of carbonyl (C=O) groups excluding carboxylic acids is 1. The molecule has 0 aliphatic carbocycles. The van der Waals surface area contributed by atoms with Crippen LogP contribution in [0.2, 0.25) is 0 Å². The Morgan fingerprint density at radius 2 is 1.89 bits per heavy atom. The number of rotatable bonds is 3. The molecule has 1 aliphatic rings. The van der Waals surface area contributed by atoms with E-state index in [1.54, 1.807) is 20.3 Å². The molecule has 0 radical (unpaired) electrons. The molecule has 5 heteroatoms. The number of ether oxygens (including phenoxy) is 2. The zero-order valence-electron chi connectivity index (χ0n) is 11.7. The first-order chi connectivity index (χ1) is 9.17. The van der Waals surface area contributed by atoms with Gasteiger partial charge in [-0.1, -0.05) is 0 Å². The van der Waals surface area contributed by atoms with Crippen molar-refractivity contribution in [1.82, 2.24) is 10.2 Å². The van der Waals surface area contributed by atoms with Crippen LogP contribution in [0.3, 0.4) is 0 Å². The molecule has 1 N–H and O–H groups in total. The van der Waals surface area contributed by atoms with Gasteiger partial charge in [0.2, 0.25) is 0 Å². The van der Waals surface area contributed by atoms with E-state index in [-0.39, 0.29) is 5.91 Å². The van der Waals surface area contributed by atoms with Gasteiger partial charge in [0.15, 0.2) is 0 Å². The summed E-state index contributed by atoms with van der Waals surface area (Å²) in [6.07, 6.45) is 0. The third kappa shape index (κ3) is 2.81. The largest absolute Gasteiger partial charge is 0.497 e. The molecule has 0 aromatic heterocycles. The first-order valence-corrected chi connectivity index (χ1v) is 6.40. The van der Waals surface area contributed by atoms with Crippen molar-refractivity contribution in [1.29, 1.82) is 0 Å². The van der Waals surface area contributed by atoms with Gasteiger partial charge in [0, 0.05) is 26.2 Å². The van der Waals surface area contributed by atoms with Crippen LogP contribution in [0.5, 0.6) is 11.5 Å². The molecule has 0 unspecified atom stereocenters. The minimum Gasteiger partial charge on any atom is -0.497 e. The van der Waals surface area contributed by atoms with E-state index in [1.807, 2.05) is 17.9 Å². The van der Waals surface area contributed by atoms with Crippen molar-refractivity contribution in [2.45, 2.75) is 6.92 Å². The quantitative estimate of drug-likeness (QED) is 0.887. The number of nitrogens with zero attached hydrogens (tertiary/aromatic N) is 1. The number of methoxy groups -OCH3 is 2. The van der Waals surface area contributed by atoms with Gasteiger partial charge in [0.05, 0.1) is 19.8 Å². The van der Waals surface area contributed by atoms with Crippen molar-refractivity contribution in [2.24, 2.45) is 0 Å². The molecule has 1 aromatic rings. The highest BCUT2D eigenvalue weighted by Crippen LogP contribution is 2.29. The maximum absolute atomic E-state index is 12.6. The van der Waals surface area contributed by atoms with Gasteiger partial charge in [-0.3, -0.25) is 4.79 Å². The average molecular weight is 264 g/mol. The number of benzene rings is 1. The lowest BCUT2D eigenvalue weighted by Crippen LogP contribution is -2.46. The minimum absolute atomic E-state index is 0.000324. The molecule has 0 atom stereocenters. The third-order valence-electron chi connectivity index (χ3n) is 3.32. The molecule has 1 aliphatic heterocycles. The fourth-order valence-corrected chi connectivity index (χ4v) is 2.33. The minimum atomic E-state index is 0.000324. The highest BCUT2D eigenvalue weighted by atomic mass is 16.5. The molecule has 0 bridgehead atoms. The van der Waals surface area contributed by atoms with E-state index in [0.717, 1.165) is 31.7 Å². The van der Waals surface area contributed by atoms with Crippen LogP contribution in [0.25, 0.3) is 0 Å². The smallest absolute Gasteiger partial charge is 0.257 e. The van der Waals surface area contributed by atoms with Gasteiger partial charge in [-0.2, -0.15) is 0 Å². The molecule has 104 valence electrons. The number of aryl methyl sites for hydroxylation is 1. The predicted octanol–water partition coefficient (Wildman–Crippen LogP) is 1.06. The zero-order chi connectivity index (χ0) is 13.8. The van der Waals surface area contributed by atoms with Gasteiger partial charge in [-0.25, -0.2) is 0 Å². The Labute approximate surface area is 113 Å². The van der Waals surface area contributed by atoms with Crippen LogP contribution >= 0.6 is 0 Å². The SMILES string of the molecule is COc1cc(C)c(OC)c(C(=O)N2CCNCC2)c1.